The summed E-state index contributed by atoms with van der Waals surface area (Å²) in [4.78, 5) is 0. The molecule has 2 aliphatic carbocycles. The maximum Gasteiger partial charge on any atom is 0.0872 e. The molecule has 1 unspecified atom stereocenters. The highest BCUT2D eigenvalue weighted by molar-refractivity contribution is 5.04. The first-order valence-electron chi connectivity index (χ1n) is 4.10. The van der Waals surface area contributed by atoms with E-state index in [0.29, 0.717) is 0 Å². The molecule has 0 amide bonds. The van der Waals surface area contributed by atoms with Crippen molar-refractivity contribution in [2.75, 3.05) is 0 Å². The Kier molecular flexibility index (Phi) is 0.704. The fourth-order valence-corrected chi connectivity index (χ4v) is 2.81. The Hall–Kier alpha value is -0.0400. The van der Waals surface area contributed by atoms with E-state index < -0.39 is 0 Å². The van der Waals surface area contributed by atoms with Crippen molar-refractivity contribution in [1.82, 2.24) is 0 Å². The van der Waals surface area contributed by atoms with Crippen LogP contribution in [0.5, 0.6) is 0 Å². The van der Waals surface area contributed by atoms with Crippen LogP contribution in [-0.2, 0) is 4.74 Å². The summed E-state index contributed by atoms with van der Waals surface area (Å²) in [6.07, 6.45) is 7.29. The number of ether oxygens (including phenoxy) is 1. The lowest BCUT2D eigenvalue weighted by atomic mass is 10.00. The quantitative estimate of drug-likeness (QED) is 0.446. The average molecular weight is 124 g/mol. The zero-order chi connectivity index (χ0) is 5.84. The van der Waals surface area contributed by atoms with Crippen molar-refractivity contribution < 1.29 is 4.74 Å². The molecule has 3 aliphatic rings. The Morgan fingerprint density at radius 3 is 3.11 bits per heavy atom. The molecule has 1 saturated heterocycles. The minimum absolute atomic E-state index is 0.722. The van der Waals surface area contributed by atoms with Crippen LogP contribution in [0, 0.1) is 11.8 Å². The van der Waals surface area contributed by atoms with Crippen LogP contribution in [0.4, 0.5) is 0 Å². The van der Waals surface area contributed by atoms with Gasteiger partial charge in [-0.05, 0) is 31.1 Å². The first kappa shape index (κ1) is 4.73. The summed E-state index contributed by atoms with van der Waals surface area (Å²) in [5, 5.41) is 0. The lowest BCUT2D eigenvalue weighted by Gasteiger charge is -2.09. The van der Waals surface area contributed by atoms with Crippen molar-refractivity contribution in [3.63, 3.8) is 0 Å². The average Bonchev–Trinajstić information content (AvgIpc) is 2.38. The van der Waals surface area contributed by atoms with E-state index in [1.54, 1.807) is 0 Å². The second-order valence-corrected chi connectivity index (χ2v) is 3.73. The molecular weight excluding hydrogens is 112 g/mol. The maximum atomic E-state index is 5.47. The van der Waals surface area contributed by atoms with E-state index in [1.165, 1.54) is 25.7 Å². The van der Waals surface area contributed by atoms with Gasteiger partial charge >= 0.3 is 0 Å². The van der Waals surface area contributed by atoms with Crippen LogP contribution < -0.4 is 0 Å². The molecule has 50 valence electrons. The van der Waals surface area contributed by atoms with Crippen LogP contribution in [0.1, 0.15) is 25.7 Å². The minimum Gasteiger partial charge on any atom is -0.369 e. The highest BCUT2D eigenvalue weighted by Crippen LogP contribution is 2.53. The lowest BCUT2D eigenvalue weighted by molar-refractivity contribution is 0.225. The molecule has 0 aromatic heterocycles. The summed E-state index contributed by atoms with van der Waals surface area (Å²) in [6.45, 7) is 0. The molecule has 0 aromatic rings. The van der Waals surface area contributed by atoms with Crippen molar-refractivity contribution >= 4 is 0 Å². The van der Waals surface area contributed by atoms with Gasteiger partial charge in [-0.25, -0.2) is 0 Å². The molecule has 4 atom stereocenters. The normalized spacial score (nSPS) is 61.3. The number of hydrogen-bond acceptors (Lipinski definition) is 1. The third-order valence-electron chi connectivity index (χ3n) is 3.30. The molecule has 1 heteroatoms. The summed E-state index contributed by atoms with van der Waals surface area (Å²) in [5.74, 6) is 2.07. The zero-order valence-electron chi connectivity index (χ0n) is 5.55. The Bertz CT molecular complexity index is 144. The van der Waals surface area contributed by atoms with Crippen LogP contribution in [0.2, 0.25) is 0 Å². The van der Waals surface area contributed by atoms with Gasteiger partial charge in [0, 0.05) is 0 Å². The highest BCUT2D eigenvalue weighted by Gasteiger charge is 2.56. The van der Waals surface area contributed by atoms with E-state index in [4.69, 9.17) is 4.74 Å². The zero-order valence-corrected chi connectivity index (χ0v) is 5.55. The third-order valence-corrected chi connectivity index (χ3v) is 3.30. The Morgan fingerprint density at radius 1 is 1.22 bits per heavy atom. The maximum absolute atomic E-state index is 5.47. The summed E-state index contributed by atoms with van der Waals surface area (Å²) in [7, 11) is 0. The predicted molar refractivity (Wildman–Crippen MR) is 34.1 cm³/mol. The van der Waals surface area contributed by atoms with Crippen molar-refractivity contribution in [3.05, 3.63) is 0 Å². The Morgan fingerprint density at radius 2 is 2.22 bits per heavy atom. The van der Waals surface area contributed by atoms with Crippen LogP contribution in [-0.4, -0.2) is 12.2 Å². The second-order valence-electron chi connectivity index (χ2n) is 3.73. The molecular formula is C8H12O. The van der Waals surface area contributed by atoms with Crippen molar-refractivity contribution in [3.8, 4) is 0 Å². The number of hydrogen-bond donors (Lipinski definition) is 0. The smallest absolute Gasteiger partial charge is 0.0872 e. The van der Waals surface area contributed by atoms with Gasteiger partial charge in [0.15, 0.2) is 0 Å². The molecule has 0 N–H and O–H groups in total. The van der Waals surface area contributed by atoms with Crippen LogP contribution in [0.15, 0.2) is 0 Å². The third kappa shape index (κ3) is 0.493. The van der Waals surface area contributed by atoms with Crippen LogP contribution in [0.3, 0.4) is 0 Å². The molecule has 0 bridgehead atoms. The van der Waals surface area contributed by atoms with Gasteiger partial charge in [-0.3, -0.25) is 0 Å². The molecule has 0 radical (unpaired) electrons. The van der Waals surface area contributed by atoms with E-state index in [0.717, 1.165) is 24.0 Å². The van der Waals surface area contributed by atoms with Gasteiger partial charge in [0.05, 0.1) is 12.2 Å². The molecule has 1 nitrogen and oxygen atoms in total. The van der Waals surface area contributed by atoms with Gasteiger partial charge in [-0.1, -0.05) is 6.42 Å². The Labute approximate surface area is 55.4 Å². The molecule has 1 aliphatic heterocycles. The van der Waals surface area contributed by atoms with E-state index in [1.807, 2.05) is 0 Å². The molecule has 1 heterocycles. The summed E-state index contributed by atoms with van der Waals surface area (Å²) >= 11 is 0. The summed E-state index contributed by atoms with van der Waals surface area (Å²) in [6, 6.07) is 0. The molecule has 0 aromatic carbocycles. The van der Waals surface area contributed by atoms with Gasteiger partial charge in [0.25, 0.3) is 0 Å². The van der Waals surface area contributed by atoms with Gasteiger partial charge in [-0.2, -0.15) is 0 Å². The van der Waals surface area contributed by atoms with Gasteiger partial charge in [0.1, 0.15) is 0 Å². The fraction of sp³-hybridized carbons (Fsp3) is 1.00. The fourth-order valence-electron chi connectivity index (χ4n) is 2.81. The van der Waals surface area contributed by atoms with E-state index >= 15 is 0 Å². The standard InChI is InChI=1S/C8H12O/c1-2-5-4-7-8(9-7)6(5)3-1/h5-8H,1-4H2/t5-,6?,7+,8-/m0/s1. The molecule has 3 fully saturated rings. The van der Waals surface area contributed by atoms with Crippen molar-refractivity contribution in [2.45, 2.75) is 37.9 Å². The monoisotopic (exact) mass is 124 g/mol. The Balaban J connectivity index is 1.88. The van der Waals surface area contributed by atoms with Crippen molar-refractivity contribution in [1.29, 1.82) is 0 Å². The molecule has 0 spiro atoms. The van der Waals surface area contributed by atoms with E-state index in [9.17, 15) is 0 Å². The van der Waals surface area contributed by atoms with Crippen LogP contribution >= 0.6 is 0 Å². The SMILES string of the molecule is C1CC2[C@@H](C1)C[C@H]1O[C@@H]21. The topological polar surface area (TPSA) is 12.5 Å². The molecule has 3 rings (SSSR count). The summed E-state index contributed by atoms with van der Waals surface area (Å²) < 4.78 is 5.47. The van der Waals surface area contributed by atoms with E-state index in [-0.39, 0.29) is 0 Å². The lowest BCUT2D eigenvalue weighted by Crippen LogP contribution is -2.06. The molecule has 9 heavy (non-hydrogen) atoms. The largest absolute Gasteiger partial charge is 0.369 e. The van der Waals surface area contributed by atoms with Gasteiger partial charge in [-0.15, -0.1) is 0 Å². The van der Waals surface area contributed by atoms with Gasteiger partial charge < -0.3 is 4.74 Å². The number of fused-ring (bicyclic) bond motifs is 3. The first-order valence-corrected chi connectivity index (χ1v) is 4.10. The highest BCUT2D eigenvalue weighted by atomic mass is 16.6. The first-order chi connectivity index (χ1) is 4.45. The van der Waals surface area contributed by atoms with E-state index in [2.05, 4.69) is 0 Å². The van der Waals surface area contributed by atoms with Crippen LogP contribution in [0.25, 0.3) is 0 Å². The van der Waals surface area contributed by atoms with Crippen molar-refractivity contribution in [2.24, 2.45) is 11.8 Å². The predicted octanol–water partition coefficient (Wildman–Crippen LogP) is 1.57. The number of rotatable bonds is 0. The van der Waals surface area contributed by atoms with Gasteiger partial charge in [0.2, 0.25) is 0 Å². The second kappa shape index (κ2) is 1.34. The summed E-state index contributed by atoms with van der Waals surface area (Å²) in [5.41, 5.74) is 0. The minimum atomic E-state index is 0.722. The number of epoxide rings is 1. The molecule has 2 saturated carbocycles.